The Morgan fingerprint density at radius 3 is 3.00 bits per heavy atom. The first-order valence-corrected chi connectivity index (χ1v) is 6.66. The highest BCUT2D eigenvalue weighted by atomic mass is 35.5. The van der Waals surface area contributed by atoms with Crippen LogP contribution < -0.4 is 0 Å². The molecule has 0 bridgehead atoms. The average Bonchev–Trinajstić information content (AvgIpc) is 3.04. The number of hydrogen-bond donors (Lipinski definition) is 0. The predicted octanol–water partition coefficient (Wildman–Crippen LogP) is 2.66. The summed E-state index contributed by atoms with van der Waals surface area (Å²) in [4.78, 5) is 4.52. The van der Waals surface area contributed by atoms with Crippen LogP contribution in [0.2, 0.25) is 0 Å². The Balaban J connectivity index is 1.82. The summed E-state index contributed by atoms with van der Waals surface area (Å²) in [6, 6.07) is 5.92. The molecule has 1 unspecified atom stereocenters. The maximum atomic E-state index is 6.14. The molecule has 0 spiro atoms. The number of hydrogen-bond acceptors (Lipinski definition) is 3. The fourth-order valence-corrected chi connectivity index (χ4v) is 2.07. The molecule has 3 heterocycles. The fraction of sp³-hybridized carbons (Fsp3) is 0.308. The van der Waals surface area contributed by atoms with Crippen LogP contribution in [-0.2, 0) is 6.54 Å². The van der Waals surface area contributed by atoms with E-state index in [1.807, 2.05) is 48.1 Å². The molecular formula is C13H14ClN5. The number of nitrogens with zero attached hydrogens (tertiary/aromatic N) is 5. The lowest BCUT2D eigenvalue weighted by Gasteiger charge is -1.98. The minimum atomic E-state index is -0.0742. The molecule has 0 aliphatic rings. The van der Waals surface area contributed by atoms with Gasteiger partial charge in [-0.1, -0.05) is 18.2 Å². The van der Waals surface area contributed by atoms with Gasteiger partial charge in [-0.15, -0.1) is 16.7 Å². The summed E-state index contributed by atoms with van der Waals surface area (Å²) in [6.07, 6.45) is 6.69. The lowest BCUT2D eigenvalue weighted by atomic mass is 10.3. The Labute approximate surface area is 115 Å². The SMILES string of the molecule is CCC(Cl)c1cn(Cc2cn3ccccc3n2)nn1. The van der Waals surface area contributed by atoms with E-state index < -0.39 is 0 Å². The van der Waals surface area contributed by atoms with Gasteiger partial charge >= 0.3 is 0 Å². The van der Waals surface area contributed by atoms with Crippen LogP contribution >= 0.6 is 11.6 Å². The van der Waals surface area contributed by atoms with E-state index in [-0.39, 0.29) is 5.38 Å². The summed E-state index contributed by atoms with van der Waals surface area (Å²) in [5, 5.41) is 8.09. The molecule has 0 aliphatic heterocycles. The van der Waals surface area contributed by atoms with Crippen molar-refractivity contribution in [1.82, 2.24) is 24.4 Å². The molecule has 0 fully saturated rings. The van der Waals surface area contributed by atoms with Crippen molar-refractivity contribution in [2.75, 3.05) is 0 Å². The van der Waals surface area contributed by atoms with Crippen molar-refractivity contribution in [2.24, 2.45) is 0 Å². The van der Waals surface area contributed by atoms with Crippen LogP contribution in [0.25, 0.3) is 5.65 Å². The van der Waals surface area contributed by atoms with Crippen molar-refractivity contribution in [3.05, 3.63) is 48.2 Å². The van der Waals surface area contributed by atoms with E-state index in [0.717, 1.165) is 23.5 Å². The van der Waals surface area contributed by atoms with Gasteiger partial charge in [-0.05, 0) is 18.6 Å². The van der Waals surface area contributed by atoms with Gasteiger partial charge in [-0.25, -0.2) is 9.67 Å². The molecule has 3 rings (SSSR count). The summed E-state index contributed by atoms with van der Waals surface area (Å²) >= 11 is 6.14. The zero-order valence-electron chi connectivity index (χ0n) is 10.6. The third kappa shape index (κ3) is 2.46. The molecule has 3 aromatic heterocycles. The topological polar surface area (TPSA) is 48.0 Å². The van der Waals surface area contributed by atoms with Gasteiger partial charge in [0.1, 0.15) is 11.3 Å². The van der Waals surface area contributed by atoms with Gasteiger partial charge in [0, 0.05) is 12.4 Å². The Bertz CT molecular complexity index is 654. The first kappa shape index (κ1) is 12.2. The summed E-state index contributed by atoms with van der Waals surface area (Å²) in [7, 11) is 0. The Kier molecular flexibility index (Phi) is 3.21. The lowest BCUT2D eigenvalue weighted by Crippen LogP contribution is -2.00. The summed E-state index contributed by atoms with van der Waals surface area (Å²) < 4.78 is 3.76. The second-order valence-corrected chi connectivity index (χ2v) is 4.94. The molecule has 0 radical (unpaired) electrons. The van der Waals surface area contributed by atoms with Crippen molar-refractivity contribution >= 4 is 17.2 Å². The third-order valence-corrected chi connectivity index (χ3v) is 3.51. The van der Waals surface area contributed by atoms with Gasteiger partial charge in [0.25, 0.3) is 0 Å². The van der Waals surface area contributed by atoms with E-state index in [1.165, 1.54) is 0 Å². The first-order valence-electron chi connectivity index (χ1n) is 6.23. The summed E-state index contributed by atoms with van der Waals surface area (Å²) in [5.41, 5.74) is 2.69. The molecule has 98 valence electrons. The number of rotatable bonds is 4. The van der Waals surface area contributed by atoms with Crippen molar-refractivity contribution in [1.29, 1.82) is 0 Å². The van der Waals surface area contributed by atoms with Gasteiger partial charge in [0.15, 0.2) is 0 Å². The summed E-state index contributed by atoms with van der Waals surface area (Å²) in [6.45, 7) is 2.63. The molecule has 19 heavy (non-hydrogen) atoms. The van der Waals surface area contributed by atoms with Crippen LogP contribution in [0, 0.1) is 0 Å². The van der Waals surface area contributed by atoms with Crippen LogP contribution in [0.3, 0.4) is 0 Å². The highest BCUT2D eigenvalue weighted by Crippen LogP contribution is 2.20. The number of alkyl halides is 1. The predicted molar refractivity (Wildman–Crippen MR) is 73.2 cm³/mol. The number of halogens is 1. The van der Waals surface area contributed by atoms with E-state index in [2.05, 4.69) is 15.3 Å². The lowest BCUT2D eigenvalue weighted by molar-refractivity contribution is 0.640. The van der Waals surface area contributed by atoms with E-state index >= 15 is 0 Å². The summed E-state index contributed by atoms with van der Waals surface area (Å²) in [5.74, 6) is 0. The Morgan fingerprint density at radius 1 is 1.32 bits per heavy atom. The average molecular weight is 276 g/mol. The van der Waals surface area contributed by atoms with Crippen molar-refractivity contribution in [3.63, 3.8) is 0 Å². The minimum absolute atomic E-state index is 0.0742. The molecule has 0 saturated heterocycles. The van der Waals surface area contributed by atoms with Crippen LogP contribution in [0.15, 0.2) is 36.8 Å². The number of fused-ring (bicyclic) bond motifs is 1. The van der Waals surface area contributed by atoms with Crippen molar-refractivity contribution in [2.45, 2.75) is 25.3 Å². The van der Waals surface area contributed by atoms with Gasteiger partial charge in [-0.2, -0.15) is 0 Å². The molecule has 0 saturated carbocycles. The zero-order valence-corrected chi connectivity index (χ0v) is 11.3. The maximum Gasteiger partial charge on any atom is 0.137 e. The van der Waals surface area contributed by atoms with Crippen LogP contribution in [-0.4, -0.2) is 24.4 Å². The standard InChI is InChI=1S/C13H14ClN5/c1-2-11(14)12-9-19(17-16-12)8-10-7-18-6-4-3-5-13(18)15-10/h3-7,9,11H,2,8H2,1H3. The maximum absolute atomic E-state index is 6.14. The van der Waals surface area contributed by atoms with Gasteiger partial charge in [0.05, 0.1) is 23.8 Å². The number of imidazole rings is 1. The van der Waals surface area contributed by atoms with Crippen LogP contribution in [0.5, 0.6) is 0 Å². The second kappa shape index (κ2) is 5.01. The largest absolute Gasteiger partial charge is 0.307 e. The third-order valence-electron chi connectivity index (χ3n) is 2.97. The monoisotopic (exact) mass is 275 g/mol. The molecule has 1 atom stereocenters. The van der Waals surface area contributed by atoms with E-state index in [1.54, 1.807) is 4.68 Å². The highest BCUT2D eigenvalue weighted by Gasteiger charge is 2.10. The molecule has 0 N–H and O–H groups in total. The first-order chi connectivity index (χ1) is 9.26. The van der Waals surface area contributed by atoms with Gasteiger partial charge in [0.2, 0.25) is 0 Å². The molecular weight excluding hydrogens is 262 g/mol. The van der Waals surface area contributed by atoms with Gasteiger partial charge in [-0.3, -0.25) is 0 Å². The molecule has 5 nitrogen and oxygen atoms in total. The van der Waals surface area contributed by atoms with Crippen LogP contribution in [0.4, 0.5) is 0 Å². The smallest absolute Gasteiger partial charge is 0.137 e. The number of aromatic nitrogens is 5. The molecule has 0 amide bonds. The van der Waals surface area contributed by atoms with E-state index in [9.17, 15) is 0 Å². The second-order valence-electron chi connectivity index (χ2n) is 4.42. The zero-order chi connectivity index (χ0) is 13.2. The fourth-order valence-electron chi connectivity index (χ4n) is 1.97. The van der Waals surface area contributed by atoms with E-state index in [4.69, 9.17) is 11.6 Å². The minimum Gasteiger partial charge on any atom is -0.307 e. The Hall–Kier alpha value is -1.88. The molecule has 6 heteroatoms. The molecule has 0 aliphatic carbocycles. The van der Waals surface area contributed by atoms with E-state index in [0.29, 0.717) is 6.54 Å². The highest BCUT2D eigenvalue weighted by molar-refractivity contribution is 6.20. The van der Waals surface area contributed by atoms with Crippen molar-refractivity contribution < 1.29 is 0 Å². The Morgan fingerprint density at radius 2 is 2.21 bits per heavy atom. The van der Waals surface area contributed by atoms with Crippen LogP contribution in [0.1, 0.15) is 30.1 Å². The molecule has 0 aromatic carbocycles. The quantitative estimate of drug-likeness (QED) is 0.688. The van der Waals surface area contributed by atoms with Crippen molar-refractivity contribution in [3.8, 4) is 0 Å². The van der Waals surface area contributed by atoms with Gasteiger partial charge < -0.3 is 4.40 Å². The number of pyridine rings is 1. The molecule has 3 aromatic rings. The normalized spacial score (nSPS) is 12.9.